The van der Waals surface area contributed by atoms with E-state index in [0.717, 1.165) is 24.7 Å². The quantitative estimate of drug-likeness (QED) is 0.568. The molecule has 2 fully saturated rings. The van der Waals surface area contributed by atoms with Crippen LogP contribution in [0.4, 0.5) is 4.39 Å². The van der Waals surface area contributed by atoms with Gasteiger partial charge < -0.3 is 9.84 Å². The lowest BCUT2D eigenvalue weighted by atomic mass is 9.66. The molecule has 1 aromatic rings. The maximum atomic E-state index is 14.8. The molecule has 2 aliphatic carbocycles. The standard InChI is InChI=1S/C23H34ClFO2/c1-3-5-16-6-8-17(9-7-16)18-12-14-23(26,15-13-18)19-10-11-20(27-4-2)21(24)22(19)25/h10-11,16-18,26H,3-9,12-15H2,1-2H3/t16?,17?,18-,23+. The Bertz CT molecular complexity index is 617. The Morgan fingerprint density at radius 1 is 1.07 bits per heavy atom. The zero-order valence-electron chi connectivity index (χ0n) is 16.8. The molecule has 27 heavy (non-hydrogen) atoms. The first-order valence-electron chi connectivity index (χ1n) is 10.8. The minimum Gasteiger partial charge on any atom is -0.492 e. The molecule has 2 saturated carbocycles. The second kappa shape index (κ2) is 9.13. The summed E-state index contributed by atoms with van der Waals surface area (Å²) in [6, 6.07) is 3.34. The lowest BCUT2D eigenvalue weighted by Crippen LogP contribution is -2.35. The van der Waals surface area contributed by atoms with Gasteiger partial charge in [-0.25, -0.2) is 4.39 Å². The fourth-order valence-electron chi connectivity index (χ4n) is 5.37. The van der Waals surface area contributed by atoms with E-state index in [-0.39, 0.29) is 5.02 Å². The van der Waals surface area contributed by atoms with E-state index in [9.17, 15) is 9.50 Å². The molecule has 0 bridgehead atoms. The van der Waals surface area contributed by atoms with E-state index >= 15 is 0 Å². The zero-order valence-corrected chi connectivity index (χ0v) is 17.5. The summed E-state index contributed by atoms with van der Waals surface area (Å²) in [6.07, 6.45) is 11.2. The lowest BCUT2D eigenvalue weighted by molar-refractivity contribution is -0.0286. The summed E-state index contributed by atoms with van der Waals surface area (Å²) in [4.78, 5) is 0. The summed E-state index contributed by atoms with van der Waals surface area (Å²) in [5, 5.41) is 11.1. The molecule has 0 aliphatic heterocycles. The minimum absolute atomic E-state index is 0.0147. The predicted molar refractivity (Wildman–Crippen MR) is 109 cm³/mol. The van der Waals surface area contributed by atoms with Crippen LogP contribution in [0.1, 0.15) is 83.6 Å². The summed E-state index contributed by atoms with van der Waals surface area (Å²) in [7, 11) is 0. The second-order valence-electron chi connectivity index (χ2n) is 8.61. The van der Waals surface area contributed by atoms with Gasteiger partial charge >= 0.3 is 0 Å². The Hall–Kier alpha value is -0.800. The van der Waals surface area contributed by atoms with Crippen molar-refractivity contribution in [2.24, 2.45) is 17.8 Å². The van der Waals surface area contributed by atoms with Gasteiger partial charge in [0.15, 0.2) is 5.82 Å². The van der Waals surface area contributed by atoms with Gasteiger partial charge in [-0.3, -0.25) is 0 Å². The molecule has 2 nitrogen and oxygen atoms in total. The number of hydrogen-bond donors (Lipinski definition) is 1. The van der Waals surface area contributed by atoms with Crippen LogP contribution in [0.3, 0.4) is 0 Å². The summed E-state index contributed by atoms with van der Waals surface area (Å²) >= 11 is 6.14. The van der Waals surface area contributed by atoms with Crippen LogP contribution in [0.5, 0.6) is 5.75 Å². The van der Waals surface area contributed by atoms with Crippen molar-refractivity contribution in [3.8, 4) is 5.75 Å². The fraction of sp³-hybridized carbons (Fsp3) is 0.739. The van der Waals surface area contributed by atoms with Gasteiger partial charge in [0.25, 0.3) is 0 Å². The van der Waals surface area contributed by atoms with Gasteiger partial charge in [0.2, 0.25) is 0 Å². The molecule has 0 spiro atoms. The molecule has 152 valence electrons. The monoisotopic (exact) mass is 396 g/mol. The van der Waals surface area contributed by atoms with Gasteiger partial charge in [0.1, 0.15) is 10.8 Å². The SMILES string of the molecule is CCCC1CCC([C@H]2CC[C@](O)(c3ccc(OCC)c(Cl)c3F)CC2)CC1. The van der Waals surface area contributed by atoms with Crippen LogP contribution in [-0.4, -0.2) is 11.7 Å². The number of hydrogen-bond acceptors (Lipinski definition) is 2. The maximum Gasteiger partial charge on any atom is 0.151 e. The third-order valence-corrected chi connectivity index (χ3v) is 7.31. The van der Waals surface area contributed by atoms with Gasteiger partial charge in [-0.1, -0.05) is 44.2 Å². The first-order valence-corrected chi connectivity index (χ1v) is 11.2. The lowest BCUT2D eigenvalue weighted by Gasteiger charge is -2.41. The van der Waals surface area contributed by atoms with E-state index in [1.807, 2.05) is 6.92 Å². The molecule has 1 N–H and O–H groups in total. The summed E-state index contributed by atoms with van der Waals surface area (Å²) in [5.74, 6) is 2.21. The minimum atomic E-state index is -1.10. The molecule has 1 aromatic carbocycles. The molecule has 0 amide bonds. The van der Waals surface area contributed by atoms with Gasteiger partial charge in [0, 0.05) is 5.56 Å². The Morgan fingerprint density at radius 2 is 1.70 bits per heavy atom. The highest BCUT2D eigenvalue weighted by atomic mass is 35.5. The van der Waals surface area contributed by atoms with Crippen LogP contribution in [-0.2, 0) is 5.60 Å². The molecule has 0 radical (unpaired) electrons. The maximum absolute atomic E-state index is 14.8. The van der Waals surface area contributed by atoms with Crippen molar-refractivity contribution in [2.45, 2.75) is 83.7 Å². The largest absolute Gasteiger partial charge is 0.492 e. The van der Waals surface area contributed by atoms with Crippen molar-refractivity contribution in [3.05, 3.63) is 28.5 Å². The van der Waals surface area contributed by atoms with E-state index in [0.29, 0.717) is 36.7 Å². The number of halogens is 2. The third kappa shape index (κ3) is 4.62. The number of ether oxygens (including phenoxy) is 1. The smallest absolute Gasteiger partial charge is 0.151 e. The van der Waals surface area contributed by atoms with Gasteiger partial charge in [-0.05, 0) is 75.3 Å². The van der Waals surface area contributed by atoms with E-state index in [1.165, 1.54) is 38.5 Å². The van der Waals surface area contributed by atoms with Crippen molar-refractivity contribution >= 4 is 11.6 Å². The van der Waals surface area contributed by atoms with Crippen LogP contribution in [0.2, 0.25) is 5.02 Å². The second-order valence-corrected chi connectivity index (χ2v) is 8.99. The topological polar surface area (TPSA) is 29.5 Å². The molecule has 2 aliphatic rings. The van der Waals surface area contributed by atoms with E-state index in [4.69, 9.17) is 16.3 Å². The normalized spacial score (nSPS) is 31.7. The Kier molecular flexibility index (Phi) is 7.08. The molecule has 0 aromatic heterocycles. The highest BCUT2D eigenvalue weighted by molar-refractivity contribution is 6.32. The van der Waals surface area contributed by atoms with Crippen molar-refractivity contribution in [2.75, 3.05) is 6.61 Å². The molecule has 0 unspecified atom stereocenters. The first-order chi connectivity index (χ1) is 13.0. The van der Waals surface area contributed by atoms with Crippen molar-refractivity contribution in [1.29, 1.82) is 0 Å². The number of aliphatic hydroxyl groups is 1. The van der Waals surface area contributed by atoms with Crippen molar-refractivity contribution in [3.63, 3.8) is 0 Å². The average Bonchev–Trinajstić information content (AvgIpc) is 2.67. The third-order valence-electron chi connectivity index (χ3n) is 6.96. The molecule has 0 heterocycles. The summed E-state index contributed by atoms with van der Waals surface area (Å²) in [5.41, 5.74) is -0.768. The molecular formula is C23H34ClFO2. The van der Waals surface area contributed by atoms with Gasteiger partial charge in [-0.15, -0.1) is 0 Å². The zero-order chi connectivity index (χ0) is 19.4. The van der Waals surface area contributed by atoms with E-state index in [2.05, 4.69) is 6.92 Å². The fourth-order valence-corrected chi connectivity index (χ4v) is 5.59. The van der Waals surface area contributed by atoms with Gasteiger partial charge in [-0.2, -0.15) is 0 Å². The molecule has 4 heteroatoms. The van der Waals surface area contributed by atoms with Crippen LogP contribution in [0, 0.1) is 23.6 Å². The number of benzene rings is 1. The van der Waals surface area contributed by atoms with E-state index < -0.39 is 11.4 Å². The van der Waals surface area contributed by atoms with E-state index in [1.54, 1.807) is 12.1 Å². The molecule has 0 atom stereocenters. The average molecular weight is 397 g/mol. The van der Waals surface area contributed by atoms with Crippen LogP contribution < -0.4 is 4.74 Å². The summed E-state index contributed by atoms with van der Waals surface area (Å²) in [6.45, 7) is 4.55. The Labute approximate surface area is 168 Å². The molecular weight excluding hydrogens is 363 g/mol. The van der Waals surface area contributed by atoms with Crippen molar-refractivity contribution in [1.82, 2.24) is 0 Å². The van der Waals surface area contributed by atoms with Crippen molar-refractivity contribution < 1.29 is 14.2 Å². The highest BCUT2D eigenvalue weighted by Crippen LogP contribution is 2.47. The highest BCUT2D eigenvalue weighted by Gasteiger charge is 2.40. The predicted octanol–water partition coefficient (Wildman–Crippen LogP) is 6.86. The van der Waals surface area contributed by atoms with Crippen LogP contribution in [0.15, 0.2) is 12.1 Å². The van der Waals surface area contributed by atoms with Gasteiger partial charge in [0.05, 0.1) is 12.2 Å². The molecule has 3 rings (SSSR count). The molecule has 0 saturated heterocycles. The Morgan fingerprint density at radius 3 is 2.30 bits per heavy atom. The first kappa shape index (κ1) is 20.9. The number of rotatable bonds is 6. The Balaban J connectivity index is 1.62. The van der Waals surface area contributed by atoms with Crippen LogP contribution in [0.25, 0.3) is 0 Å². The van der Waals surface area contributed by atoms with Crippen LogP contribution >= 0.6 is 11.6 Å². The summed E-state index contributed by atoms with van der Waals surface area (Å²) < 4.78 is 20.2.